The Balaban J connectivity index is 1.57. The van der Waals surface area contributed by atoms with Crippen molar-refractivity contribution in [3.8, 4) is 0 Å². The Morgan fingerprint density at radius 1 is 1.23 bits per heavy atom. The van der Waals surface area contributed by atoms with Crippen molar-refractivity contribution < 1.29 is 23.9 Å². The van der Waals surface area contributed by atoms with Crippen LogP contribution in [-0.2, 0) is 11.2 Å². The molecule has 0 spiro atoms. The van der Waals surface area contributed by atoms with E-state index in [0.29, 0.717) is 31.7 Å². The zero-order valence-electron chi connectivity index (χ0n) is 15.1. The van der Waals surface area contributed by atoms with E-state index in [2.05, 4.69) is 5.32 Å². The summed E-state index contributed by atoms with van der Waals surface area (Å²) in [4.78, 5) is 38.0. The largest absolute Gasteiger partial charge is 0.478 e. The van der Waals surface area contributed by atoms with Crippen LogP contribution in [-0.4, -0.2) is 46.9 Å². The molecule has 2 fully saturated rings. The predicted octanol–water partition coefficient (Wildman–Crippen LogP) is 2.45. The lowest BCUT2D eigenvalue weighted by molar-refractivity contribution is -0.135. The first kappa shape index (κ1) is 18.5. The average molecular weight is 362 g/mol. The summed E-state index contributed by atoms with van der Waals surface area (Å²) in [7, 11) is 0. The molecule has 0 bridgehead atoms. The van der Waals surface area contributed by atoms with Crippen LogP contribution in [0.25, 0.3) is 0 Å². The number of hydrogen-bond donors (Lipinski definition) is 2. The summed E-state index contributed by atoms with van der Waals surface area (Å²) < 4.78 is 5.39. The van der Waals surface area contributed by atoms with Crippen LogP contribution >= 0.6 is 0 Å². The first-order chi connectivity index (χ1) is 12.5. The number of hydrogen-bond acceptors (Lipinski definition) is 4. The Hall–Kier alpha value is -2.31. The summed E-state index contributed by atoms with van der Waals surface area (Å²) in [5, 5.41) is 12.0. The van der Waals surface area contributed by atoms with Gasteiger partial charge in [-0.15, -0.1) is 0 Å². The van der Waals surface area contributed by atoms with Crippen LogP contribution in [0, 0.1) is 5.92 Å². The van der Waals surface area contributed by atoms with E-state index in [4.69, 9.17) is 9.52 Å². The fourth-order valence-electron chi connectivity index (χ4n) is 3.93. The molecule has 3 rings (SSSR count). The minimum atomic E-state index is -1.10. The highest BCUT2D eigenvalue weighted by Crippen LogP contribution is 2.27. The molecule has 26 heavy (non-hydrogen) atoms. The van der Waals surface area contributed by atoms with Gasteiger partial charge in [0.25, 0.3) is 5.91 Å². The highest BCUT2D eigenvalue weighted by Gasteiger charge is 2.32. The molecule has 7 nitrogen and oxygen atoms in total. The molecule has 7 heteroatoms. The summed E-state index contributed by atoms with van der Waals surface area (Å²) in [5.41, 5.74) is 0.0261. The van der Waals surface area contributed by atoms with Crippen LogP contribution in [0.1, 0.15) is 72.1 Å². The van der Waals surface area contributed by atoms with E-state index in [-0.39, 0.29) is 29.2 Å². The van der Waals surface area contributed by atoms with Gasteiger partial charge in [-0.25, -0.2) is 4.79 Å². The van der Waals surface area contributed by atoms with Gasteiger partial charge in [0, 0.05) is 37.5 Å². The lowest BCUT2D eigenvalue weighted by atomic mass is 9.88. The number of nitrogens with one attached hydrogen (secondary N) is 1. The molecule has 2 aliphatic rings. The first-order valence-electron chi connectivity index (χ1n) is 9.45. The Labute approximate surface area is 152 Å². The number of furan rings is 1. The van der Waals surface area contributed by atoms with Crippen molar-refractivity contribution in [2.24, 2.45) is 5.92 Å². The molecule has 1 saturated carbocycles. The molecule has 2 heterocycles. The molecule has 1 aliphatic carbocycles. The number of nitrogens with zero attached hydrogens (tertiary/aromatic N) is 1. The van der Waals surface area contributed by atoms with Crippen molar-refractivity contribution in [3.05, 3.63) is 23.2 Å². The van der Waals surface area contributed by atoms with Gasteiger partial charge in [0.2, 0.25) is 5.91 Å². The quantitative estimate of drug-likeness (QED) is 0.838. The highest BCUT2D eigenvalue weighted by molar-refractivity contribution is 5.96. The second kappa shape index (κ2) is 7.93. The van der Waals surface area contributed by atoms with E-state index >= 15 is 0 Å². The van der Waals surface area contributed by atoms with Crippen molar-refractivity contribution >= 4 is 17.8 Å². The maximum absolute atomic E-state index is 12.6. The molecule has 1 atom stereocenters. The molecule has 2 N–H and O–H groups in total. The molecule has 1 aromatic heterocycles. The Morgan fingerprint density at radius 3 is 2.58 bits per heavy atom. The highest BCUT2D eigenvalue weighted by atomic mass is 16.4. The minimum absolute atomic E-state index is 0.0105. The van der Waals surface area contributed by atoms with E-state index in [1.165, 1.54) is 12.5 Å². The van der Waals surface area contributed by atoms with Crippen LogP contribution in [0.4, 0.5) is 0 Å². The lowest BCUT2D eigenvalue weighted by Crippen LogP contribution is -2.40. The summed E-state index contributed by atoms with van der Waals surface area (Å²) in [6.07, 6.45) is 6.50. The number of amides is 2. The number of rotatable bonds is 5. The third kappa shape index (κ3) is 3.92. The Bertz CT molecular complexity index is 690. The predicted molar refractivity (Wildman–Crippen MR) is 94.1 cm³/mol. The zero-order chi connectivity index (χ0) is 18.7. The summed E-state index contributed by atoms with van der Waals surface area (Å²) >= 11 is 0. The van der Waals surface area contributed by atoms with E-state index in [1.54, 1.807) is 6.92 Å². The second-order valence-corrected chi connectivity index (χ2v) is 7.18. The van der Waals surface area contributed by atoms with Gasteiger partial charge in [-0.1, -0.05) is 26.2 Å². The van der Waals surface area contributed by atoms with Crippen molar-refractivity contribution in [1.82, 2.24) is 10.2 Å². The van der Waals surface area contributed by atoms with Gasteiger partial charge in [-0.05, 0) is 19.3 Å². The van der Waals surface area contributed by atoms with Gasteiger partial charge in [-0.3, -0.25) is 9.59 Å². The fourth-order valence-corrected chi connectivity index (χ4v) is 3.93. The molecule has 1 aliphatic heterocycles. The van der Waals surface area contributed by atoms with Gasteiger partial charge in [0.05, 0.1) is 0 Å². The number of carbonyl (C=O) groups is 3. The third-order valence-electron chi connectivity index (χ3n) is 5.37. The van der Waals surface area contributed by atoms with Crippen LogP contribution in [0.15, 0.2) is 10.5 Å². The number of likely N-dealkylation sites (tertiary alicyclic amines) is 1. The fraction of sp³-hybridized carbons (Fsp3) is 0.632. The number of carboxylic acids is 1. The Kier molecular flexibility index (Phi) is 5.64. The molecule has 142 valence electrons. The van der Waals surface area contributed by atoms with E-state index in [9.17, 15) is 14.4 Å². The van der Waals surface area contributed by atoms with Crippen molar-refractivity contribution in [2.75, 3.05) is 13.1 Å². The van der Waals surface area contributed by atoms with E-state index in [0.717, 1.165) is 25.7 Å². The van der Waals surface area contributed by atoms with Crippen LogP contribution < -0.4 is 5.32 Å². The molecule has 2 amide bonds. The first-order valence-corrected chi connectivity index (χ1v) is 9.45. The van der Waals surface area contributed by atoms with Crippen molar-refractivity contribution in [3.63, 3.8) is 0 Å². The van der Waals surface area contributed by atoms with Gasteiger partial charge in [-0.2, -0.15) is 0 Å². The molecule has 1 saturated heterocycles. The van der Waals surface area contributed by atoms with E-state index < -0.39 is 11.9 Å². The number of aromatic carboxylic acids is 1. The molecule has 1 unspecified atom stereocenters. The molecular formula is C19H26N2O5. The van der Waals surface area contributed by atoms with Crippen LogP contribution in [0.5, 0.6) is 0 Å². The SMILES string of the molecule is CCc1oc(C(=O)NC2CCN(C(=O)C3CCCCC3)C2)cc1C(=O)O. The standard InChI is InChI=1S/C19H26N2O5/c1-2-15-14(19(24)25)10-16(26-15)17(22)20-13-8-9-21(11-13)18(23)12-6-4-3-5-7-12/h10,12-13H,2-9,11H2,1H3,(H,20,22)(H,24,25). The van der Waals surface area contributed by atoms with Crippen molar-refractivity contribution in [2.45, 2.75) is 57.9 Å². The van der Waals surface area contributed by atoms with Gasteiger partial charge >= 0.3 is 5.97 Å². The molecule has 0 radical (unpaired) electrons. The van der Waals surface area contributed by atoms with Gasteiger partial charge < -0.3 is 19.7 Å². The maximum Gasteiger partial charge on any atom is 0.339 e. The van der Waals surface area contributed by atoms with Gasteiger partial charge in [0.1, 0.15) is 11.3 Å². The minimum Gasteiger partial charge on any atom is -0.478 e. The topological polar surface area (TPSA) is 99.9 Å². The molecule has 1 aromatic rings. The molecular weight excluding hydrogens is 336 g/mol. The summed E-state index contributed by atoms with van der Waals surface area (Å²) in [5.74, 6) is -0.882. The summed E-state index contributed by atoms with van der Waals surface area (Å²) in [6.45, 7) is 2.94. The monoisotopic (exact) mass is 362 g/mol. The number of carbonyl (C=O) groups excluding carboxylic acids is 2. The lowest BCUT2D eigenvalue weighted by Gasteiger charge is -2.26. The van der Waals surface area contributed by atoms with Crippen LogP contribution in [0.3, 0.4) is 0 Å². The number of carboxylic acid groups (broad SMARTS) is 1. The second-order valence-electron chi connectivity index (χ2n) is 7.18. The van der Waals surface area contributed by atoms with Gasteiger partial charge in [0.15, 0.2) is 5.76 Å². The van der Waals surface area contributed by atoms with E-state index in [1.807, 2.05) is 4.90 Å². The van der Waals surface area contributed by atoms with Crippen molar-refractivity contribution in [1.29, 1.82) is 0 Å². The number of aryl methyl sites for hydroxylation is 1. The Morgan fingerprint density at radius 2 is 1.96 bits per heavy atom. The normalized spacial score (nSPS) is 21.0. The average Bonchev–Trinajstić information content (AvgIpc) is 3.28. The summed E-state index contributed by atoms with van der Waals surface area (Å²) in [6, 6.07) is 1.15. The maximum atomic E-state index is 12.6. The smallest absolute Gasteiger partial charge is 0.339 e. The zero-order valence-corrected chi connectivity index (χ0v) is 15.1. The molecule has 0 aromatic carbocycles. The van der Waals surface area contributed by atoms with Crippen LogP contribution in [0.2, 0.25) is 0 Å². The third-order valence-corrected chi connectivity index (χ3v) is 5.37.